The van der Waals surface area contributed by atoms with Gasteiger partial charge in [0.1, 0.15) is 12.7 Å². The topological polar surface area (TPSA) is 55.1 Å². The molecule has 1 rings (SSSR count). The third-order valence-electron chi connectivity index (χ3n) is 1.57. The van der Waals surface area contributed by atoms with E-state index in [2.05, 4.69) is 20.9 Å². The number of nitrogens with zero attached hydrogens (tertiary/aromatic N) is 2. The van der Waals surface area contributed by atoms with E-state index in [1.54, 1.807) is 6.07 Å². The summed E-state index contributed by atoms with van der Waals surface area (Å²) in [7, 11) is 1.52. The Bertz CT molecular complexity index is 392. The van der Waals surface area contributed by atoms with Gasteiger partial charge in [0, 0.05) is 7.11 Å². The quantitative estimate of drug-likeness (QED) is 0.787. The first-order valence-corrected chi connectivity index (χ1v) is 4.85. The second-order valence-corrected chi connectivity index (χ2v) is 3.35. The summed E-state index contributed by atoms with van der Waals surface area (Å²) in [6.45, 7) is 0.553. The van der Waals surface area contributed by atoms with Crippen LogP contribution in [0.5, 0.6) is 5.88 Å². The van der Waals surface area contributed by atoms with Gasteiger partial charge in [0.2, 0.25) is 5.82 Å². The van der Waals surface area contributed by atoms with Gasteiger partial charge in [-0.25, -0.2) is 4.98 Å². The zero-order valence-corrected chi connectivity index (χ0v) is 9.54. The van der Waals surface area contributed by atoms with Crippen molar-refractivity contribution in [3.63, 3.8) is 0 Å². The molecule has 0 aliphatic heterocycles. The van der Waals surface area contributed by atoms with Crippen LogP contribution in [0.25, 0.3) is 0 Å². The van der Waals surface area contributed by atoms with Crippen LogP contribution in [-0.2, 0) is 4.74 Å². The number of hydrogen-bond donors (Lipinski definition) is 0. The van der Waals surface area contributed by atoms with Crippen LogP contribution < -0.4 is 4.74 Å². The van der Waals surface area contributed by atoms with Crippen LogP contribution in [0.15, 0.2) is 10.7 Å². The molecule has 1 heterocycles. The molecule has 0 N–H and O–H groups in total. The van der Waals surface area contributed by atoms with E-state index in [1.807, 2.05) is 0 Å². The smallest absolute Gasteiger partial charge is 0.251 e. The summed E-state index contributed by atoms with van der Waals surface area (Å²) < 4.78 is 23.3. The van der Waals surface area contributed by atoms with Gasteiger partial charge in [-0.05, 0) is 15.9 Å². The van der Waals surface area contributed by atoms with E-state index in [-0.39, 0.29) is 22.5 Å². The Kier molecular flexibility index (Phi) is 4.46. The second-order valence-electron chi connectivity index (χ2n) is 2.56. The zero-order chi connectivity index (χ0) is 11.3. The van der Waals surface area contributed by atoms with Gasteiger partial charge >= 0.3 is 0 Å². The van der Waals surface area contributed by atoms with E-state index in [4.69, 9.17) is 14.7 Å². The summed E-state index contributed by atoms with van der Waals surface area (Å²) in [5, 5.41) is 8.60. The molecule has 15 heavy (non-hydrogen) atoms. The molecule has 4 nitrogen and oxygen atoms in total. The van der Waals surface area contributed by atoms with E-state index in [0.29, 0.717) is 6.61 Å². The summed E-state index contributed by atoms with van der Waals surface area (Å²) in [6.07, 6.45) is 1.25. The van der Waals surface area contributed by atoms with E-state index in [9.17, 15) is 4.39 Å². The minimum absolute atomic E-state index is 0.0624. The molecule has 6 heteroatoms. The Morgan fingerprint density at radius 2 is 2.33 bits per heavy atom. The second kappa shape index (κ2) is 5.63. The molecule has 80 valence electrons. The molecule has 0 spiro atoms. The van der Waals surface area contributed by atoms with Crippen LogP contribution in [0, 0.1) is 17.1 Å². The highest BCUT2D eigenvalue weighted by Crippen LogP contribution is 2.25. The molecule has 1 aromatic rings. The summed E-state index contributed by atoms with van der Waals surface area (Å²) in [4.78, 5) is 3.68. The lowest BCUT2D eigenvalue weighted by Crippen LogP contribution is -2.07. The fourth-order valence-corrected chi connectivity index (χ4v) is 1.21. The van der Waals surface area contributed by atoms with E-state index in [1.165, 1.54) is 13.3 Å². The molecule has 0 radical (unpaired) electrons. The third kappa shape index (κ3) is 2.88. The minimum Gasteiger partial charge on any atom is -0.473 e. The lowest BCUT2D eigenvalue weighted by molar-refractivity contribution is 0.140. The molecule has 0 bridgehead atoms. The van der Waals surface area contributed by atoms with Crippen LogP contribution in [0.4, 0.5) is 4.39 Å². The van der Waals surface area contributed by atoms with Crippen LogP contribution >= 0.6 is 15.9 Å². The van der Waals surface area contributed by atoms with Crippen LogP contribution in [0.2, 0.25) is 0 Å². The van der Waals surface area contributed by atoms with Crippen molar-refractivity contribution in [2.24, 2.45) is 0 Å². The van der Waals surface area contributed by atoms with Gasteiger partial charge in [-0.1, -0.05) is 0 Å². The molecule has 1 aromatic heterocycles. The maximum Gasteiger partial charge on any atom is 0.251 e. The number of methoxy groups -OCH3 is 1. The molecule has 0 saturated heterocycles. The fourth-order valence-electron chi connectivity index (χ4n) is 0.849. The average Bonchev–Trinajstić information content (AvgIpc) is 2.25. The highest BCUT2D eigenvalue weighted by atomic mass is 79.9. The predicted molar refractivity (Wildman–Crippen MR) is 54.0 cm³/mol. The Morgan fingerprint density at radius 1 is 1.60 bits per heavy atom. The number of pyridine rings is 1. The third-order valence-corrected chi connectivity index (χ3v) is 2.35. The molecule has 0 amide bonds. The molecular formula is C9H8BrFN2O2. The standard InChI is InChI=1S/C9H8BrFN2O2/c1-14-2-3-15-9-8(11)7(10)6(4-12)5-13-9/h5H,2-3H2,1H3. The van der Waals surface area contributed by atoms with Gasteiger partial charge in [-0.3, -0.25) is 0 Å². The van der Waals surface area contributed by atoms with Crippen molar-refractivity contribution in [1.82, 2.24) is 4.98 Å². The van der Waals surface area contributed by atoms with E-state index < -0.39 is 5.82 Å². The number of rotatable bonds is 4. The van der Waals surface area contributed by atoms with Crippen molar-refractivity contribution < 1.29 is 13.9 Å². The van der Waals surface area contributed by atoms with Gasteiger partial charge < -0.3 is 9.47 Å². The molecule has 0 aliphatic carbocycles. The highest BCUT2D eigenvalue weighted by Gasteiger charge is 2.13. The predicted octanol–water partition coefficient (Wildman–Crippen LogP) is 1.88. The Morgan fingerprint density at radius 3 is 2.93 bits per heavy atom. The maximum atomic E-state index is 13.5. The lowest BCUT2D eigenvalue weighted by Gasteiger charge is -2.06. The van der Waals surface area contributed by atoms with Crippen molar-refractivity contribution in [1.29, 1.82) is 5.26 Å². The summed E-state index contributed by atoms with van der Waals surface area (Å²) in [5.74, 6) is -0.817. The van der Waals surface area contributed by atoms with Crippen molar-refractivity contribution in [2.45, 2.75) is 0 Å². The van der Waals surface area contributed by atoms with Gasteiger partial charge in [0.15, 0.2) is 0 Å². The molecule has 0 unspecified atom stereocenters. The number of ether oxygens (including phenoxy) is 2. The SMILES string of the molecule is COCCOc1ncc(C#N)c(Br)c1F. The largest absolute Gasteiger partial charge is 0.473 e. The maximum absolute atomic E-state index is 13.5. The molecule has 0 fully saturated rings. The molecular weight excluding hydrogens is 267 g/mol. The van der Waals surface area contributed by atoms with Gasteiger partial charge in [0.05, 0.1) is 22.8 Å². The first-order valence-electron chi connectivity index (χ1n) is 4.06. The first-order chi connectivity index (χ1) is 7.20. The zero-order valence-electron chi connectivity index (χ0n) is 7.96. The fraction of sp³-hybridized carbons (Fsp3) is 0.333. The van der Waals surface area contributed by atoms with Gasteiger partial charge in [-0.2, -0.15) is 9.65 Å². The summed E-state index contributed by atoms with van der Waals surface area (Å²) >= 11 is 2.95. The number of aromatic nitrogens is 1. The van der Waals surface area contributed by atoms with Crippen molar-refractivity contribution in [3.8, 4) is 11.9 Å². The normalized spacial score (nSPS) is 9.73. The van der Waals surface area contributed by atoms with Crippen molar-refractivity contribution in [2.75, 3.05) is 20.3 Å². The molecule has 0 aromatic carbocycles. The van der Waals surface area contributed by atoms with E-state index >= 15 is 0 Å². The number of halogens is 2. The van der Waals surface area contributed by atoms with Crippen molar-refractivity contribution in [3.05, 3.63) is 22.1 Å². The van der Waals surface area contributed by atoms with Crippen molar-refractivity contribution >= 4 is 15.9 Å². The molecule has 0 saturated carbocycles. The average molecular weight is 275 g/mol. The Hall–Kier alpha value is -1.19. The summed E-state index contributed by atoms with van der Waals surface area (Å²) in [6, 6.07) is 1.80. The van der Waals surface area contributed by atoms with Crippen LogP contribution in [0.1, 0.15) is 5.56 Å². The molecule has 0 aliphatic rings. The van der Waals surface area contributed by atoms with E-state index in [0.717, 1.165) is 0 Å². The van der Waals surface area contributed by atoms with Gasteiger partial charge in [-0.15, -0.1) is 0 Å². The van der Waals surface area contributed by atoms with Gasteiger partial charge in [0.25, 0.3) is 5.88 Å². The van der Waals surface area contributed by atoms with Crippen LogP contribution in [0.3, 0.4) is 0 Å². The number of hydrogen-bond acceptors (Lipinski definition) is 4. The number of nitriles is 1. The highest BCUT2D eigenvalue weighted by molar-refractivity contribution is 9.10. The Balaban J connectivity index is 2.83. The first kappa shape index (κ1) is 11.9. The summed E-state index contributed by atoms with van der Waals surface area (Å²) in [5.41, 5.74) is 0.131. The van der Waals surface area contributed by atoms with Crippen LogP contribution in [-0.4, -0.2) is 25.3 Å². The minimum atomic E-state index is -0.676. The lowest BCUT2D eigenvalue weighted by atomic mass is 10.3. The monoisotopic (exact) mass is 274 g/mol. The molecule has 0 atom stereocenters. The Labute approximate surface area is 94.8 Å².